The largest absolute Gasteiger partial charge is 0.497 e. The van der Waals surface area contributed by atoms with Gasteiger partial charge in [0.05, 0.1) is 14.2 Å². The van der Waals surface area contributed by atoms with Crippen LogP contribution in [-0.4, -0.2) is 26.8 Å². The molecule has 6 heteroatoms. The summed E-state index contributed by atoms with van der Waals surface area (Å²) in [5.41, 5.74) is 0.975. The van der Waals surface area contributed by atoms with E-state index in [0.717, 1.165) is 0 Å². The molecule has 0 atom stereocenters. The van der Waals surface area contributed by atoms with Gasteiger partial charge in [0, 0.05) is 11.6 Å². The number of hydrogen-bond acceptors (Lipinski definition) is 6. The molecule has 0 aromatic heterocycles. The minimum atomic E-state index is -0.400. The highest BCUT2D eigenvalue weighted by molar-refractivity contribution is 6.14. The Bertz CT molecular complexity index is 873. The number of carbonyl (C=O) groups is 1. The second-order valence-electron chi connectivity index (χ2n) is 5.21. The third-order valence-electron chi connectivity index (χ3n) is 3.68. The number of hydrogen-bond donors (Lipinski definition) is 0. The summed E-state index contributed by atoms with van der Waals surface area (Å²) < 4.78 is 20.9. The summed E-state index contributed by atoms with van der Waals surface area (Å²) in [4.78, 5) is 12.6. The molecule has 0 spiro atoms. The number of ketones is 1. The standard InChI is InChI=1S/C19H15NO5/c1-22-15-6-12(7-16(9-15)23-2)5-14(10-20)19(21)13-3-4-17-18(8-13)25-11-24-17/h3-9H,11H2,1-2H3. The van der Waals surface area contributed by atoms with Gasteiger partial charge >= 0.3 is 0 Å². The molecule has 126 valence electrons. The number of ether oxygens (including phenoxy) is 4. The summed E-state index contributed by atoms with van der Waals surface area (Å²) in [5, 5.41) is 9.41. The van der Waals surface area contributed by atoms with Crippen LogP contribution in [0.1, 0.15) is 15.9 Å². The lowest BCUT2D eigenvalue weighted by Gasteiger charge is -2.06. The third-order valence-corrected chi connectivity index (χ3v) is 3.68. The molecule has 6 nitrogen and oxygen atoms in total. The molecule has 1 heterocycles. The first kappa shape index (κ1) is 16.4. The lowest BCUT2D eigenvalue weighted by atomic mass is 10.0. The molecular weight excluding hydrogens is 322 g/mol. The number of carbonyl (C=O) groups excluding carboxylic acids is 1. The molecule has 0 N–H and O–H groups in total. The number of Topliss-reactive ketones (excluding diaryl/α,β-unsaturated/α-hetero) is 1. The van der Waals surface area contributed by atoms with Crippen molar-refractivity contribution in [3.8, 4) is 29.1 Å². The molecule has 0 fully saturated rings. The Hall–Kier alpha value is -3.46. The van der Waals surface area contributed by atoms with Gasteiger partial charge in [0.2, 0.25) is 12.6 Å². The number of fused-ring (bicyclic) bond motifs is 1. The average Bonchev–Trinajstić information content (AvgIpc) is 3.12. The smallest absolute Gasteiger partial charge is 0.231 e. The molecule has 1 aliphatic heterocycles. The Labute approximate surface area is 144 Å². The highest BCUT2D eigenvalue weighted by atomic mass is 16.7. The fraction of sp³-hybridized carbons (Fsp3) is 0.158. The number of methoxy groups -OCH3 is 2. The molecular formula is C19H15NO5. The van der Waals surface area contributed by atoms with Crippen molar-refractivity contribution in [3.05, 3.63) is 53.1 Å². The molecule has 0 unspecified atom stereocenters. The second-order valence-corrected chi connectivity index (χ2v) is 5.21. The second kappa shape index (κ2) is 6.97. The van der Waals surface area contributed by atoms with E-state index in [1.54, 1.807) is 36.4 Å². The highest BCUT2D eigenvalue weighted by Gasteiger charge is 2.18. The Morgan fingerprint density at radius 1 is 1.08 bits per heavy atom. The summed E-state index contributed by atoms with van der Waals surface area (Å²) in [7, 11) is 3.07. The van der Waals surface area contributed by atoms with Crippen molar-refractivity contribution in [1.82, 2.24) is 0 Å². The van der Waals surface area contributed by atoms with Crippen LogP contribution in [0.5, 0.6) is 23.0 Å². The molecule has 25 heavy (non-hydrogen) atoms. The topological polar surface area (TPSA) is 77.8 Å². The number of benzene rings is 2. The molecule has 0 saturated heterocycles. The van der Waals surface area contributed by atoms with Gasteiger partial charge in [-0.05, 0) is 42.0 Å². The monoisotopic (exact) mass is 337 g/mol. The van der Waals surface area contributed by atoms with Crippen LogP contribution in [0, 0.1) is 11.3 Å². The zero-order chi connectivity index (χ0) is 17.8. The van der Waals surface area contributed by atoms with Crippen LogP contribution >= 0.6 is 0 Å². The summed E-state index contributed by atoms with van der Waals surface area (Å²) in [5.74, 6) is 1.81. The van der Waals surface area contributed by atoms with Crippen LogP contribution in [0.25, 0.3) is 6.08 Å². The van der Waals surface area contributed by atoms with Gasteiger partial charge in [0.1, 0.15) is 23.1 Å². The molecule has 1 aliphatic rings. The summed E-state index contributed by atoms with van der Waals surface area (Å²) >= 11 is 0. The lowest BCUT2D eigenvalue weighted by Crippen LogP contribution is -2.02. The minimum absolute atomic E-state index is 0.00540. The predicted molar refractivity (Wildman–Crippen MR) is 90.0 cm³/mol. The van der Waals surface area contributed by atoms with Gasteiger partial charge in [0.25, 0.3) is 0 Å². The van der Waals surface area contributed by atoms with Crippen LogP contribution < -0.4 is 18.9 Å². The van der Waals surface area contributed by atoms with Gasteiger partial charge in [-0.3, -0.25) is 4.79 Å². The van der Waals surface area contributed by atoms with Gasteiger partial charge < -0.3 is 18.9 Å². The molecule has 0 saturated carbocycles. The fourth-order valence-corrected chi connectivity index (χ4v) is 2.42. The van der Waals surface area contributed by atoms with Crippen LogP contribution in [0.3, 0.4) is 0 Å². The Morgan fingerprint density at radius 3 is 2.40 bits per heavy atom. The number of nitrogens with zero attached hydrogens (tertiary/aromatic N) is 1. The van der Waals surface area contributed by atoms with Crippen molar-refractivity contribution in [1.29, 1.82) is 5.26 Å². The predicted octanol–water partition coefficient (Wildman–Crippen LogP) is 3.22. The summed E-state index contributed by atoms with van der Waals surface area (Å²) in [6.07, 6.45) is 1.50. The van der Waals surface area contributed by atoms with Gasteiger partial charge in [0.15, 0.2) is 11.5 Å². The quantitative estimate of drug-likeness (QED) is 0.473. The molecule has 2 aromatic carbocycles. The van der Waals surface area contributed by atoms with E-state index in [9.17, 15) is 10.1 Å². The van der Waals surface area contributed by atoms with E-state index in [4.69, 9.17) is 18.9 Å². The third kappa shape index (κ3) is 3.40. The Morgan fingerprint density at radius 2 is 1.76 bits per heavy atom. The average molecular weight is 337 g/mol. The van der Waals surface area contributed by atoms with Gasteiger partial charge in [-0.15, -0.1) is 0 Å². The van der Waals surface area contributed by atoms with Crippen LogP contribution in [-0.2, 0) is 0 Å². The summed E-state index contributed by atoms with van der Waals surface area (Å²) in [6.45, 7) is 0.123. The van der Waals surface area contributed by atoms with Crippen molar-refractivity contribution >= 4 is 11.9 Å². The number of nitriles is 1. The zero-order valence-electron chi connectivity index (χ0n) is 13.7. The van der Waals surface area contributed by atoms with Crippen molar-refractivity contribution in [3.63, 3.8) is 0 Å². The first-order valence-electron chi connectivity index (χ1n) is 7.44. The van der Waals surface area contributed by atoms with E-state index < -0.39 is 5.78 Å². The van der Waals surface area contributed by atoms with Crippen LogP contribution in [0.15, 0.2) is 42.0 Å². The van der Waals surface area contributed by atoms with Crippen molar-refractivity contribution < 1.29 is 23.7 Å². The maximum Gasteiger partial charge on any atom is 0.231 e. The van der Waals surface area contributed by atoms with Crippen molar-refractivity contribution in [2.45, 2.75) is 0 Å². The molecule has 0 amide bonds. The molecule has 0 bridgehead atoms. The number of rotatable bonds is 5. The highest BCUT2D eigenvalue weighted by Crippen LogP contribution is 2.33. The maximum absolute atomic E-state index is 12.6. The molecule has 0 radical (unpaired) electrons. The maximum atomic E-state index is 12.6. The lowest BCUT2D eigenvalue weighted by molar-refractivity contribution is 0.103. The van der Waals surface area contributed by atoms with Gasteiger partial charge in [-0.25, -0.2) is 0 Å². The van der Waals surface area contributed by atoms with Crippen LogP contribution in [0.2, 0.25) is 0 Å². The van der Waals surface area contributed by atoms with Gasteiger partial charge in [-0.2, -0.15) is 5.26 Å². The zero-order valence-corrected chi connectivity index (χ0v) is 13.7. The van der Waals surface area contributed by atoms with E-state index in [-0.39, 0.29) is 12.4 Å². The number of allylic oxidation sites excluding steroid dienone is 1. The molecule has 3 rings (SSSR count). The first-order valence-corrected chi connectivity index (χ1v) is 7.44. The molecule has 0 aliphatic carbocycles. The fourth-order valence-electron chi connectivity index (χ4n) is 2.42. The first-order chi connectivity index (χ1) is 12.1. The Kier molecular flexibility index (Phi) is 4.57. The summed E-state index contributed by atoms with van der Waals surface area (Å²) in [6, 6.07) is 11.9. The van der Waals surface area contributed by atoms with E-state index in [1.807, 2.05) is 6.07 Å². The van der Waals surface area contributed by atoms with E-state index >= 15 is 0 Å². The SMILES string of the molecule is COc1cc(C=C(C#N)C(=O)c2ccc3c(c2)OCO3)cc(OC)c1. The minimum Gasteiger partial charge on any atom is -0.497 e. The normalized spacial score (nSPS) is 12.4. The molecule has 2 aromatic rings. The Balaban J connectivity index is 1.95. The van der Waals surface area contributed by atoms with Crippen molar-refractivity contribution in [2.24, 2.45) is 0 Å². The van der Waals surface area contributed by atoms with Crippen molar-refractivity contribution in [2.75, 3.05) is 21.0 Å². The van der Waals surface area contributed by atoms with E-state index in [0.29, 0.717) is 34.1 Å². The van der Waals surface area contributed by atoms with Crippen LogP contribution in [0.4, 0.5) is 0 Å². The van der Waals surface area contributed by atoms with E-state index in [2.05, 4.69) is 0 Å². The van der Waals surface area contributed by atoms with E-state index in [1.165, 1.54) is 20.3 Å². The van der Waals surface area contributed by atoms with Gasteiger partial charge in [-0.1, -0.05) is 0 Å².